The number of carboxylic acids is 1. The van der Waals surface area contributed by atoms with Gasteiger partial charge in [-0.15, -0.1) is 0 Å². The number of hydrogen-bond donors (Lipinski definition) is 1. The van der Waals surface area contributed by atoms with Crippen molar-refractivity contribution in [2.45, 2.75) is 13.3 Å². The Bertz CT molecular complexity index is 681. The first-order valence-electron chi connectivity index (χ1n) is 6.25. The molecule has 1 aromatic rings. The summed E-state index contributed by atoms with van der Waals surface area (Å²) in [6.07, 6.45) is 0.481. The van der Waals surface area contributed by atoms with Crippen LogP contribution in [0.1, 0.15) is 23.7 Å². The normalized spacial score (nSPS) is 23.6. The molecule has 0 bridgehead atoms. The van der Waals surface area contributed by atoms with Crippen LogP contribution in [0.15, 0.2) is 26.9 Å². The zero-order valence-corrected chi connectivity index (χ0v) is 11.7. The van der Waals surface area contributed by atoms with E-state index in [-0.39, 0.29) is 12.5 Å². The van der Waals surface area contributed by atoms with Crippen molar-refractivity contribution in [1.82, 2.24) is 4.90 Å². The first kappa shape index (κ1) is 13.0. The predicted molar refractivity (Wildman–Crippen MR) is 74.2 cm³/mol. The minimum Gasteiger partial charge on any atom is -0.481 e. The SMILES string of the molecule is CC1(C(=O)O)CCN(C(=O)c2ccc3c(c2)N=S=N3)C1. The van der Waals surface area contributed by atoms with Gasteiger partial charge in [0.2, 0.25) is 0 Å². The highest BCUT2D eigenvalue weighted by Gasteiger charge is 2.42. The number of carboxylic acid groups (broad SMARTS) is 1. The van der Waals surface area contributed by atoms with E-state index in [9.17, 15) is 14.7 Å². The number of nitrogens with zero attached hydrogens (tertiary/aromatic N) is 3. The van der Waals surface area contributed by atoms with E-state index in [2.05, 4.69) is 8.73 Å². The molecule has 2 heterocycles. The largest absolute Gasteiger partial charge is 0.481 e. The molecule has 1 atom stereocenters. The van der Waals surface area contributed by atoms with Gasteiger partial charge < -0.3 is 10.0 Å². The summed E-state index contributed by atoms with van der Waals surface area (Å²) in [5, 5.41) is 9.20. The third-order valence-electron chi connectivity index (χ3n) is 3.78. The van der Waals surface area contributed by atoms with Gasteiger partial charge in [-0.25, -0.2) is 0 Å². The summed E-state index contributed by atoms with van der Waals surface area (Å²) in [5.74, 6) is -1.00. The second-order valence-corrected chi connectivity index (χ2v) is 5.84. The van der Waals surface area contributed by atoms with Gasteiger partial charge in [0.05, 0.1) is 16.8 Å². The minimum absolute atomic E-state index is 0.148. The van der Waals surface area contributed by atoms with Crippen LogP contribution in [0.5, 0.6) is 0 Å². The van der Waals surface area contributed by atoms with E-state index in [4.69, 9.17) is 0 Å². The van der Waals surface area contributed by atoms with Gasteiger partial charge in [0, 0.05) is 18.7 Å². The molecule has 2 aliphatic heterocycles. The van der Waals surface area contributed by atoms with E-state index in [0.717, 1.165) is 17.0 Å². The summed E-state index contributed by atoms with van der Waals surface area (Å²) >= 11 is 1.11. The Morgan fingerprint density at radius 1 is 1.35 bits per heavy atom. The van der Waals surface area contributed by atoms with Crippen LogP contribution < -0.4 is 0 Å². The molecule has 0 saturated carbocycles. The molecule has 6 nitrogen and oxygen atoms in total. The van der Waals surface area contributed by atoms with Gasteiger partial charge in [-0.05, 0) is 31.5 Å². The Labute approximate surface area is 119 Å². The second-order valence-electron chi connectivity index (χ2n) is 5.31. The van der Waals surface area contributed by atoms with Crippen LogP contribution in [0.2, 0.25) is 0 Å². The lowest BCUT2D eigenvalue weighted by Gasteiger charge is -2.20. The monoisotopic (exact) mass is 291 g/mol. The van der Waals surface area contributed by atoms with E-state index in [0.29, 0.717) is 24.2 Å². The molecule has 2 aliphatic rings. The first-order chi connectivity index (χ1) is 9.49. The quantitative estimate of drug-likeness (QED) is 0.922. The molecule has 0 aromatic heterocycles. The van der Waals surface area contributed by atoms with Gasteiger partial charge in [0.25, 0.3) is 5.91 Å². The molecule has 1 unspecified atom stereocenters. The van der Waals surface area contributed by atoms with Crippen molar-refractivity contribution in [3.63, 3.8) is 0 Å². The van der Waals surface area contributed by atoms with E-state index in [1.807, 2.05) is 0 Å². The third-order valence-corrected chi connectivity index (χ3v) is 4.33. The summed E-state index contributed by atoms with van der Waals surface area (Å²) in [7, 11) is 0. The molecule has 20 heavy (non-hydrogen) atoms. The van der Waals surface area contributed by atoms with Gasteiger partial charge in [0.1, 0.15) is 11.4 Å². The average Bonchev–Trinajstić information content (AvgIpc) is 3.04. The molecule has 0 aliphatic carbocycles. The van der Waals surface area contributed by atoms with Crippen LogP contribution >= 0.6 is 0 Å². The van der Waals surface area contributed by atoms with Gasteiger partial charge in [-0.1, -0.05) is 0 Å². The van der Waals surface area contributed by atoms with Crippen molar-refractivity contribution in [1.29, 1.82) is 0 Å². The lowest BCUT2D eigenvalue weighted by Crippen LogP contribution is -2.34. The molecule has 104 valence electrons. The number of likely N-dealkylation sites (tertiary alicyclic amines) is 1. The summed E-state index contributed by atoms with van der Waals surface area (Å²) in [4.78, 5) is 25.2. The Morgan fingerprint density at radius 3 is 2.80 bits per heavy atom. The van der Waals surface area contributed by atoms with Crippen molar-refractivity contribution in [2.75, 3.05) is 13.1 Å². The highest BCUT2D eigenvalue weighted by Crippen LogP contribution is 2.34. The first-order valence-corrected chi connectivity index (χ1v) is 6.98. The molecule has 1 fully saturated rings. The maximum atomic E-state index is 12.4. The summed E-state index contributed by atoms with van der Waals surface area (Å²) in [6, 6.07) is 5.18. The van der Waals surface area contributed by atoms with Gasteiger partial charge >= 0.3 is 5.97 Å². The third kappa shape index (κ3) is 2.03. The number of aliphatic carboxylic acids is 1. The number of fused-ring (bicyclic) bond motifs is 1. The summed E-state index contributed by atoms with van der Waals surface area (Å²) < 4.78 is 8.20. The van der Waals surface area contributed by atoms with Crippen LogP contribution in [-0.2, 0) is 16.1 Å². The molecule has 1 amide bonds. The Morgan fingerprint density at radius 2 is 2.10 bits per heavy atom. The Hall–Kier alpha value is -2.02. The van der Waals surface area contributed by atoms with Crippen LogP contribution in [0.25, 0.3) is 0 Å². The lowest BCUT2D eigenvalue weighted by atomic mass is 9.90. The number of amides is 1. The number of rotatable bonds is 2. The molecule has 1 N–H and O–H groups in total. The lowest BCUT2D eigenvalue weighted by molar-refractivity contribution is -0.147. The Balaban J connectivity index is 1.81. The van der Waals surface area contributed by atoms with E-state index >= 15 is 0 Å². The highest BCUT2D eigenvalue weighted by molar-refractivity contribution is 7.58. The maximum absolute atomic E-state index is 12.4. The summed E-state index contributed by atoms with van der Waals surface area (Å²) in [6.45, 7) is 2.39. The average molecular weight is 291 g/mol. The zero-order chi connectivity index (χ0) is 14.3. The van der Waals surface area contributed by atoms with E-state index < -0.39 is 11.4 Å². The zero-order valence-electron chi connectivity index (χ0n) is 10.9. The molecule has 3 rings (SSSR count). The molecule has 0 radical (unpaired) electrons. The fourth-order valence-electron chi connectivity index (χ4n) is 2.41. The molecular formula is C13H13N3O3S. The fourth-order valence-corrected chi connectivity index (χ4v) is 2.92. The van der Waals surface area contributed by atoms with Crippen molar-refractivity contribution in [3.8, 4) is 0 Å². The highest BCUT2D eigenvalue weighted by atomic mass is 32.1. The molecular weight excluding hydrogens is 278 g/mol. The maximum Gasteiger partial charge on any atom is 0.311 e. The predicted octanol–water partition coefficient (Wildman–Crippen LogP) is 2.35. The van der Waals surface area contributed by atoms with Crippen molar-refractivity contribution in [2.24, 2.45) is 14.1 Å². The topological polar surface area (TPSA) is 82.3 Å². The van der Waals surface area contributed by atoms with Crippen LogP contribution in [0.3, 0.4) is 0 Å². The Kier molecular flexibility index (Phi) is 2.93. The minimum atomic E-state index is -0.855. The summed E-state index contributed by atoms with van der Waals surface area (Å²) in [5.41, 5.74) is 1.14. The van der Waals surface area contributed by atoms with Crippen molar-refractivity contribution in [3.05, 3.63) is 23.8 Å². The molecule has 1 saturated heterocycles. The molecule has 7 heteroatoms. The number of carbonyl (C=O) groups excluding carboxylic acids is 1. The van der Waals surface area contributed by atoms with Crippen molar-refractivity contribution >= 4 is 34.6 Å². The standard InChI is InChI=1S/C13H13N3O3S/c1-13(12(18)19)4-5-16(7-13)11(17)8-2-3-9-10(6-8)15-20-14-9/h2-3,6H,4-5,7H2,1H3,(H,18,19). The molecule has 0 spiro atoms. The van der Waals surface area contributed by atoms with Gasteiger partial charge in [-0.2, -0.15) is 8.73 Å². The van der Waals surface area contributed by atoms with Crippen LogP contribution in [0.4, 0.5) is 11.4 Å². The van der Waals surface area contributed by atoms with E-state index in [1.54, 1.807) is 30.0 Å². The van der Waals surface area contributed by atoms with Crippen LogP contribution in [-0.4, -0.2) is 35.0 Å². The number of benzene rings is 1. The smallest absolute Gasteiger partial charge is 0.311 e. The van der Waals surface area contributed by atoms with Gasteiger partial charge in [-0.3, -0.25) is 9.59 Å². The van der Waals surface area contributed by atoms with Crippen molar-refractivity contribution < 1.29 is 14.7 Å². The molecule has 1 aromatic carbocycles. The van der Waals surface area contributed by atoms with E-state index in [1.165, 1.54) is 0 Å². The number of carbonyl (C=O) groups is 2. The second kappa shape index (κ2) is 4.52. The van der Waals surface area contributed by atoms with Gasteiger partial charge in [0.15, 0.2) is 0 Å². The number of hydrogen-bond acceptors (Lipinski definition) is 4. The van der Waals surface area contributed by atoms with Crippen LogP contribution in [0, 0.1) is 5.41 Å². The fraction of sp³-hybridized carbons (Fsp3) is 0.385.